The maximum atomic E-state index is 12.3. The van der Waals surface area contributed by atoms with Crippen LogP contribution in [-0.2, 0) is 4.79 Å². The van der Waals surface area contributed by atoms with Gasteiger partial charge in [-0.25, -0.2) is 20.2 Å². The molecule has 9 heteroatoms. The van der Waals surface area contributed by atoms with Crippen molar-refractivity contribution >= 4 is 62.0 Å². The van der Waals surface area contributed by atoms with E-state index in [1.54, 1.807) is 18.2 Å². The summed E-state index contributed by atoms with van der Waals surface area (Å²) in [5, 5.41) is 4.85. The van der Waals surface area contributed by atoms with Crippen LogP contribution in [-0.4, -0.2) is 27.7 Å². The fourth-order valence-corrected chi connectivity index (χ4v) is 4.84. The van der Waals surface area contributed by atoms with E-state index in [4.69, 9.17) is 11.6 Å². The smallest absolute Gasteiger partial charge is 0.282 e. The van der Waals surface area contributed by atoms with Gasteiger partial charge in [0.2, 0.25) is 0 Å². The summed E-state index contributed by atoms with van der Waals surface area (Å²) in [6.45, 7) is 0. The van der Waals surface area contributed by atoms with Crippen molar-refractivity contribution in [2.24, 2.45) is 0 Å². The molecule has 0 radical (unpaired) electrons. The topological polar surface area (TPSA) is 74.3 Å². The van der Waals surface area contributed by atoms with Crippen LogP contribution in [0.15, 0.2) is 48.5 Å². The Bertz CT molecular complexity index is 979. The molecular weight excluding hydrogens is 392 g/mol. The molecule has 1 atom stereocenters. The van der Waals surface area contributed by atoms with E-state index in [0.717, 1.165) is 15.8 Å². The first-order chi connectivity index (χ1) is 12.6. The van der Waals surface area contributed by atoms with Gasteiger partial charge in [-0.1, -0.05) is 53.3 Å². The average Bonchev–Trinajstić information content (AvgIpc) is 3.18. The Kier molecular flexibility index (Phi) is 4.71. The number of benzene rings is 2. The van der Waals surface area contributed by atoms with Crippen LogP contribution >= 0.6 is 34.7 Å². The molecule has 26 heavy (non-hydrogen) atoms. The van der Waals surface area contributed by atoms with Crippen LogP contribution < -0.4 is 10.7 Å². The Labute approximate surface area is 162 Å². The van der Waals surface area contributed by atoms with Crippen molar-refractivity contribution in [3.8, 4) is 0 Å². The van der Waals surface area contributed by atoms with Gasteiger partial charge in [-0.15, -0.1) is 11.8 Å². The highest BCUT2D eigenvalue weighted by molar-refractivity contribution is 8.00. The van der Waals surface area contributed by atoms with Crippen molar-refractivity contribution < 1.29 is 9.59 Å². The number of carbonyl (C=O) groups excluding carboxylic acids is 2. The number of fused-ring (bicyclic) bond motifs is 1. The summed E-state index contributed by atoms with van der Waals surface area (Å²) in [7, 11) is 0. The van der Waals surface area contributed by atoms with E-state index < -0.39 is 6.03 Å². The number of halogens is 1. The lowest BCUT2D eigenvalue weighted by Gasteiger charge is -2.24. The Morgan fingerprint density at radius 3 is 2.85 bits per heavy atom. The summed E-state index contributed by atoms with van der Waals surface area (Å²) in [4.78, 5) is 28.9. The van der Waals surface area contributed by atoms with Crippen LogP contribution in [0.5, 0.6) is 0 Å². The van der Waals surface area contributed by atoms with Gasteiger partial charge in [0, 0.05) is 5.02 Å². The van der Waals surface area contributed by atoms with Gasteiger partial charge in [0.25, 0.3) is 5.91 Å². The third-order valence-corrected chi connectivity index (χ3v) is 6.13. The summed E-state index contributed by atoms with van der Waals surface area (Å²) in [6.07, 6.45) is 0. The van der Waals surface area contributed by atoms with E-state index in [-0.39, 0.29) is 11.3 Å². The molecule has 0 aliphatic carbocycles. The molecule has 3 aromatic rings. The number of carbonyl (C=O) groups is 2. The molecular formula is C17H13ClN4O2S2. The fourth-order valence-electron chi connectivity index (χ4n) is 2.60. The van der Waals surface area contributed by atoms with E-state index >= 15 is 0 Å². The van der Waals surface area contributed by atoms with Crippen molar-refractivity contribution in [3.63, 3.8) is 0 Å². The van der Waals surface area contributed by atoms with Crippen LogP contribution in [0.25, 0.3) is 10.2 Å². The molecule has 2 aromatic carbocycles. The van der Waals surface area contributed by atoms with Crippen LogP contribution in [0.1, 0.15) is 10.9 Å². The summed E-state index contributed by atoms with van der Waals surface area (Å²) < 4.78 is 0.878. The zero-order valence-corrected chi connectivity index (χ0v) is 15.7. The third-order valence-electron chi connectivity index (χ3n) is 3.75. The summed E-state index contributed by atoms with van der Waals surface area (Å²) in [5.74, 6) is 0.175. The summed E-state index contributed by atoms with van der Waals surface area (Å²) >= 11 is 8.76. The molecule has 0 spiro atoms. The first-order valence-electron chi connectivity index (χ1n) is 7.72. The second-order valence-electron chi connectivity index (χ2n) is 5.53. The van der Waals surface area contributed by atoms with Crippen LogP contribution in [0.2, 0.25) is 5.02 Å². The van der Waals surface area contributed by atoms with Gasteiger partial charge in [-0.3, -0.25) is 10.1 Å². The number of nitrogens with zero attached hydrogens (tertiary/aromatic N) is 2. The van der Waals surface area contributed by atoms with E-state index in [1.165, 1.54) is 28.1 Å². The first-order valence-corrected chi connectivity index (χ1v) is 9.97. The van der Waals surface area contributed by atoms with Gasteiger partial charge < -0.3 is 0 Å². The molecule has 1 aromatic heterocycles. The van der Waals surface area contributed by atoms with Crippen molar-refractivity contribution in [1.29, 1.82) is 0 Å². The Morgan fingerprint density at radius 2 is 2.04 bits per heavy atom. The lowest BCUT2D eigenvalue weighted by atomic mass is 10.2. The molecule has 0 bridgehead atoms. The van der Waals surface area contributed by atoms with E-state index in [1.807, 2.05) is 30.3 Å². The van der Waals surface area contributed by atoms with Gasteiger partial charge in [-0.05, 0) is 23.8 Å². The van der Waals surface area contributed by atoms with Gasteiger partial charge in [-0.2, -0.15) is 0 Å². The Hall–Kier alpha value is -2.29. The molecule has 6 nitrogen and oxygen atoms in total. The monoisotopic (exact) mass is 404 g/mol. The van der Waals surface area contributed by atoms with Gasteiger partial charge in [0.1, 0.15) is 5.37 Å². The summed E-state index contributed by atoms with van der Waals surface area (Å²) in [6, 6.07) is 14.4. The van der Waals surface area contributed by atoms with Gasteiger partial charge in [0.05, 0.1) is 16.0 Å². The second-order valence-corrected chi connectivity index (χ2v) is 8.07. The SMILES string of the molecule is O=C(Nc1nc2ccc(Cl)cc2s1)NN1C(=O)CSC1c1ccccc1. The van der Waals surface area contributed by atoms with Crippen LogP contribution in [0, 0.1) is 0 Å². The number of nitrogens with one attached hydrogen (secondary N) is 2. The van der Waals surface area contributed by atoms with Crippen molar-refractivity contribution in [2.75, 3.05) is 11.1 Å². The molecule has 2 heterocycles. The van der Waals surface area contributed by atoms with E-state index in [9.17, 15) is 9.59 Å². The Balaban J connectivity index is 1.48. The normalized spacial score (nSPS) is 16.9. The molecule has 1 unspecified atom stereocenters. The van der Waals surface area contributed by atoms with E-state index in [2.05, 4.69) is 15.7 Å². The molecule has 1 saturated heterocycles. The number of thiazole rings is 1. The molecule has 132 valence electrons. The third kappa shape index (κ3) is 3.48. The quantitative estimate of drug-likeness (QED) is 0.684. The minimum atomic E-state index is -0.507. The van der Waals surface area contributed by atoms with Crippen molar-refractivity contribution in [2.45, 2.75) is 5.37 Å². The zero-order valence-electron chi connectivity index (χ0n) is 13.3. The van der Waals surface area contributed by atoms with Gasteiger partial charge in [0.15, 0.2) is 5.13 Å². The molecule has 3 amide bonds. The zero-order chi connectivity index (χ0) is 18.1. The van der Waals surface area contributed by atoms with E-state index in [0.29, 0.717) is 15.9 Å². The summed E-state index contributed by atoms with van der Waals surface area (Å²) in [5.41, 5.74) is 4.35. The maximum Gasteiger partial charge on any atom is 0.339 e. The number of amides is 3. The highest BCUT2D eigenvalue weighted by atomic mass is 35.5. The number of hydrazine groups is 1. The minimum absolute atomic E-state index is 0.143. The molecule has 4 rings (SSSR count). The molecule has 1 aliphatic rings. The van der Waals surface area contributed by atoms with Crippen LogP contribution in [0.3, 0.4) is 0 Å². The molecule has 1 fully saturated rings. The lowest BCUT2D eigenvalue weighted by molar-refractivity contribution is -0.130. The minimum Gasteiger partial charge on any atom is -0.282 e. The number of aromatic nitrogens is 1. The lowest BCUT2D eigenvalue weighted by Crippen LogP contribution is -2.46. The standard InChI is InChI=1S/C17H13ClN4O2S2/c18-11-6-7-12-13(8-11)26-17(19-12)20-16(24)21-22-14(23)9-25-15(22)10-4-2-1-3-5-10/h1-8,15H,9H2,(H2,19,20,21,24). The highest BCUT2D eigenvalue weighted by Gasteiger charge is 2.34. The number of rotatable bonds is 3. The number of anilines is 1. The highest BCUT2D eigenvalue weighted by Crippen LogP contribution is 2.37. The number of urea groups is 1. The fraction of sp³-hybridized carbons (Fsp3) is 0.118. The average molecular weight is 405 g/mol. The molecule has 2 N–H and O–H groups in total. The predicted octanol–water partition coefficient (Wildman–Crippen LogP) is 4.26. The van der Waals surface area contributed by atoms with Crippen LogP contribution in [0.4, 0.5) is 9.93 Å². The Morgan fingerprint density at radius 1 is 1.23 bits per heavy atom. The molecule has 1 aliphatic heterocycles. The maximum absolute atomic E-state index is 12.3. The van der Waals surface area contributed by atoms with Crippen molar-refractivity contribution in [3.05, 3.63) is 59.1 Å². The molecule has 0 saturated carbocycles. The predicted molar refractivity (Wildman–Crippen MR) is 105 cm³/mol. The second kappa shape index (κ2) is 7.14. The van der Waals surface area contributed by atoms with Gasteiger partial charge >= 0.3 is 6.03 Å². The number of hydrogen-bond donors (Lipinski definition) is 2. The number of hydrogen-bond acceptors (Lipinski definition) is 5. The first kappa shape index (κ1) is 17.1. The van der Waals surface area contributed by atoms with Crippen molar-refractivity contribution in [1.82, 2.24) is 15.4 Å². The largest absolute Gasteiger partial charge is 0.339 e. The number of thioether (sulfide) groups is 1.